The molecule has 3 saturated heterocycles. The predicted molar refractivity (Wildman–Crippen MR) is 123 cm³/mol. The van der Waals surface area contributed by atoms with Gasteiger partial charge in [-0.25, -0.2) is 0 Å². The summed E-state index contributed by atoms with van der Waals surface area (Å²) in [6.45, 7) is 4.60. The van der Waals surface area contributed by atoms with Crippen LogP contribution in [-0.4, -0.2) is 54.8 Å². The van der Waals surface area contributed by atoms with Crippen molar-refractivity contribution < 1.29 is 14.4 Å². The average molecular weight is 459 g/mol. The van der Waals surface area contributed by atoms with Crippen LogP contribution in [0.2, 0.25) is 5.02 Å². The molecule has 1 aromatic carbocycles. The molecule has 0 spiro atoms. The van der Waals surface area contributed by atoms with Crippen molar-refractivity contribution in [2.75, 3.05) is 31.1 Å². The molecule has 5 rings (SSSR count). The van der Waals surface area contributed by atoms with Gasteiger partial charge < -0.3 is 15.1 Å². The van der Waals surface area contributed by atoms with Crippen LogP contribution in [0.4, 0.5) is 5.69 Å². The number of carbonyl (C=O) groups is 3. The molecule has 4 aliphatic heterocycles. The van der Waals surface area contributed by atoms with Crippen molar-refractivity contribution in [1.29, 1.82) is 0 Å². The van der Waals surface area contributed by atoms with E-state index >= 15 is 0 Å². The number of rotatable bonds is 4. The van der Waals surface area contributed by atoms with E-state index < -0.39 is 11.9 Å². The fraction of sp³-hybridized carbons (Fsp3) is 0.625. The molecule has 0 aromatic heterocycles. The first kappa shape index (κ1) is 21.7. The lowest BCUT2D eigenvalue weighted by atomic mass is 9.83. The average Bonchev–Trinajstić information content (AvgIpc) is 3.13. The third kappa shape index (κ3) is 4.13. The quantitative estimate of drug-likeness (QED) is 0.678. The molecular formula is C24H31ClN4O3. The third-order valence-corrected chi connectivity index (χ3v) is 8.13. The summed E-state index contributed by atoms with van der Waals surface area (Å²) in [5.74, 6) is 0.797. The molecule has 0 unspecified atom stereocenters. The number of halogens is 1. The lowest BCUT2D eigenvalue weighted by Crippen LogP contribution is -2.52. The second kappa shape index (κ2) is 9.02. The van der Waals surface area contributed by atoms with Gasteiger partial charge in [-0.2, -0.15) is 0 Å². The van der Waals surface area contributed by atoms with Crippen LogP contribution in [0.5, 0.6) is 0 Å². The van der Waals surface area contributed by atoms with Gasteiger partial charge in [0.2, 0.25) is 11.8 Å². The zero-order chi connectivity index (χ0) is 22.2. The molecule has 3 amide bonds. The smallest absolute Gasteiger partial charge is 0.255 e. The summed E-state index contributed by atoms with van der Waals surface area (Å²) in [5.41, 5.74) is 2.36. The summed E-state index contributed by atoms with van der Waals surface area (Å²) in [6.07, 6.45) is 6.91. The maximum absolute atomic E-state index is 13.0. The standard InChI is InChI=1S/C24H31ClN4O3/c25-22-18-14-29(20-3-4-21(30)27-23(20)31)24(32)17(18)1-2-19(22)28-11-7-16(8-12-28)13-15-5-9-26-10-6-15/h1-2,15-16,20,26H,3-14H2,(H,27,30,31)/t20-/m0/s1. The van der Waals surface area contributed by atoms with Crippen molar-refractivity contribution in [3.8, 4) is 0 Å². The van der Waals surface area contributed by atoms with E-state index in [2.05, 4.69) is 15.5 Å². The van der Waals surface area contributed by atoms with E-state index in [4.69, 9.17) is 11.6 Å². The van der Waals surface area contributed by atoms with Crippen LogP contribution in [0.25, 0.3) is 0 Å². The van der Waals surface area contributed by atoms with Crippen LogP contribution in [-0.2, 0) is 16.1 Å². The molecule has 1 atom stereocenters. The van der Waals surface area contributed by atoms with Gasteiger partial charge in [0.1, 0.15) is 6.04 Å². The molecule has 0 bridgehead atoms. The van der Waals surface area contributed by atoms with Crippen LogP contribution < -0.4 is 15.5 Å². The van der Waals surface area contributed by atoms with Gasteiger partial charge in [-0.05, 0) is 75.6 Å². The molecule has 7 nitrogen and oxygen atoms in total. The number of nitrogens with one attached hydrogen (secondary N) is 2. The molecule has 8 heteroatoms. The highest BCUT2D eigenvalue weighted by atomic mass is 35.5. The van der Waals surface area contributed by atoms with Crippen molar-refractivity contribution >= 4 is 35.0 Å². The van der Waals surface area contributed by atoms with E-state index in [0.717, 1.165) is 49.3 Å². The Balaban J connectivity index is 1.25. The van der Waals surface area contributed by atoms with Crippen LogP contribution in [0.3, 0.4) is 0 Å². The number of amides is 3. The minimum Gasteiger partial charge on any atom is -0.370 e. The molecule has 0 saturated carbocycles. The lowest BCUT2D eigenvalue weighted by Gasteiger charge is -2.36. The van der Waals surface area contributed by atoms with Crippen molar-refractivity contribution in [1.82, 2.24) is 15.5 Å². The summed E-state index contributed by atoms with van der Waals surface area (Å²) in [4.78, 5) is 40.7. The highest BCUT2D eigenvalue weighted by molar-refractivity contribution is 6.35. The molecule has 0 radical (unpaired) electrons. The second-order valence-corrected chi connectivity index (χ2v) is 10.1. The normalized spacial score (nSPS) is 25.3. The molecule has 172 valence electrons. The number of imide groups is 1. The minimum atomic E-state index is -0.613. The summed E-state index contributed by atoms with van der Waals surface area (Å²) < 4.78 is 0. The van der Waals surface area contributed by atoms with E-state index in [1.54, 1.807) is 4.90 Å². The van der Waals surface area contributed by atoms with Gasteiger partial charge in [0.05, 0.1) is 10.7 Å². The van der Waals surface area contributed by atoms with Gasteiger partial charge in [-0.15, -0.1) is 0 Å². The minimum absolute atomic E-state index is 0.177. The molecule has 32 heavy (non-hydrogen) atoms. The summed E-state index contributed by atoms with van der Waals surface area (Å²) in [6, 6.07) is 3.20. The van der Waals surface area contributed by atoms with Crippen molar-refractivity contribution in [3.05, 3.63) is 28.3 Å². The first-order chi connectivity index (χ1) is 15.5. The third-order valence-electron chi connectivity index (χ3n) is 7.71. The van der Waals surface area contributed by atoms with E-state index in [-0.39, 0.29) is 18.2 Å². The highest BCUT2D eigenvalue weighted by Crippen LogP contribution is 2.39. The number of hydrogen-bond acceptors (Lipinski definition) is 5. The van der Waals surface area contributed by atoms with Gasteiger partial charge in [-0.3, -0.25) is 19.7 Å². The van der Waals surface area contributed by atoms with Crippen molar-refractivity contribution in [2.24, 2.45) is 11.8 Å². The molecule has 1 aromatic rings. The maximum atomic E-state index is 13.0. The van der Waals surface area contributed by atoms with E-state index in [1.165, 1.54) is 32.1 Å². The second-order valence-electron chi connectivity index (χ2n) is 9.68. The largest absolute Gasteiger partial charge is 0.370 e. The highest BCUT2D eigenvalue weighted by Gasteiger charge is 2.40. The number of fused-ring (bicyclic) bond motifs is 1. The lowest BCUT2D eigenvalue weighted by molar-refractivity contribution is -0.136. The number of piperidine rings is 3. The Hall–Kier alpha value is -2.12. The Labute approximate surface area is 193 Å². The molecule has 3 fully saturated rings. The van der Waals surface area contributed by atoms with Gasteiger partial charge in [0.15, 0.2) is 0 Å². The molecule has 0 aliphatic carbocycles. The summed E-state index contributed by atoms with van der Waals surface area (Å²) in [7, 11) is 0. The van der Waals surface area contributed by atoms with Gasteiger partial charge in [-0.1, -0.05) is 11.6 Å². The Morgan fingerprint density at radius 3 is 2.41 bits per heavy atom. The topological polar surface area (TPSA) is 81.8 Å². The molecule has 4 aliphatic rings. The van der Waals surface area contributed by atoms with Crippen molar-refractivity contribution in [2.45, 2.75) is 57.5 Å². The van der Waals surface area contributed by atoms with Crippen LogP contribution in [0, 0.1) is 11.8 Å². The molecular weight excluding hydrogens is 428 g/mol. The van der Waals surface area contributed by atoms with E-state index in [1.807, 2.05) is 12.1 Å². The first-order valence-corrected chi connectivity index (χ1v) is 12.3. The predicted octanol–water partition coefficient (Wildman–Crippen LogP) is 2.71. The zero-order valence-electron chi connectivity index (χ0n) is 18.4. The number of carbonyl (C=O) groups excluding carboxylic acids is 3. The SMILES string of the molecule is O=C1CC[C@H](N2Cc3c(ccc(N4CCC(CC5CCNCC5)CC4)c3Cl)C2=O)C(=O)N1. The van der Waals surface area contributed by atoms with Crippen molar-refractivity contribution in [3.63, 3.8) is 0 Å². The Morgan fingerprint density at radius 1 is 0.969 bits per heavy atom. The Bertz CT molecular complexity index is 922. The van der Waals surface area contributed by atoms with Crippen LogP contribution in [0.15, 0.2) is 12.1 Å². The fourth-order valence-corrected chi connectivity index (χ4v) is 6.18. The van der Waals surface area contributed by atoms with Crippen LogP contribution in [0.1, 0.15) is 60.9 Å². The van der Waals surface area contributed by atoms with E-state index in [0.29, 0.717) is 23.6 Å². The van der Waals surface area contributed by atoms with Gasteiger partial charge in [0.25, 0.3) is 5.91 Å². The van der Waals surface area contributed by atoms with Gasteiger partial charge >= 0.3 is 0 Å². The maximum Gasteiger partial charge on any atom is 0.255 e. The van der Waals surface area contributed by atoms with E-state index in [9.17, 15) is 14.4 Å². The zero-order valence-corrected chi connectivity index (χ0v) is 19.1. The van der Waals surface area contributed by atoms with Gasteiger partial charge in [0, 0.05) is 37.2 Å². The monoisotopic (exact) mass is 458 g/mol. The summed E-state index contributed by atoms with van der Waals surface area (Å²) >= 11 is 6.83. The fourth-order valence-electron chi connectivity index (χ4n) is 5.83. The van der Waals surface area contributed by atoms with Crippen LogP contribution >= 0.6 is 11.6 Å². The number of nitrogens with zero attached hydrogens (tertiary/aromatic N) is 2. The number of hydrogen-bond donors (Lipinski definition) is 2. The Kier molecular flexibility index (Phi) is 6.12. The molecule has 2 N–H and O–H groups in total. The number of benzene rings is 1. The number of anilines is 1. The first-order valence-electron chi connectivity index (χ1n) is 11.9. The molecule has 4 heterocycles. The Morgan fingerprint density at radius 2 is 1.69 bits per heavy atom. The summed E-state index contributed by atoms with van der Waals surface area (Å²) in [5, 5.41) is 6.43.